The number of fused-ring (bicyclic) bond motifs is 1. The molecule has 3 heterocycles. The Labute approximate surface area is 167 Å². The van der Waals surface area contributed by atoms with Crippen molar-refractivity contribution in [2.45, 2.75) is 33.0 Å². The number of hydrogen-bond donors (Lipinski definition) is 1. The molecule has 1 N–H and O–H groups in total. The lowest BCUT2D eigenvalue weighted by molar-refractivity contribution is 0.0531. The lowest BCUT2D eigenvalue weighted by Gasteiger charge is -2.15. The van der Waals surface area contributed by atoms with Gasteiger partial charge in [-0.3, -0.25) is 9.36 Å². The van der Waals surface area contributed by atoms with Crippen LogP contribution in [0.5, 0.6) is 0 Å². The first-order valence-electron chi connectivity index (χ1n) is 9.56. The number of para-hydroxylation sites is 1. The van der Waals surface area contributed by atoms with Gasteiger partial charge in [-0.1, -0.05) is 25.1 Å². The van der Waals surface area contributed by atoms with E-state index in [1.54, 1.807) is 22.4 Å². The number of ether oxygens (including phenoxy) is 1. The summed E-state index contributed by atoms with van der Waals surface area (Å²) in [5.41, 5.74) is 2.69. The monoisotopic (exact) mass is 393 g/mol. The second-order valence-corrected chi connectivity index (χ2v) is 6.90. The molecule has 3 aromatic heterocycles. The Morgan fingerprint density at radius 1 is 1.21 bits per heavy atom. The summed E-state index contributed by atoms with van der Waals surface area (Å²) in [5, 5.41) is 4.42. The molecule has 8 heteroatoms. The van der Waals surface area contributed by atoms with Gasteiger partial charge < -0.3 is 9.72 Å². The second kappa shape index (κ2) is 7.56. The van der Waals surface area contributed by atoms with Crippen molar-refractivity contribution in [1.29, 1.82) is 0 Å². The van der Waals surface area contributed by atoms with Gasteiger partial charge in [0, 0.05) is 25.4 Å². The van der Waals surface area contributed by atoms with Crippen molar-refractivity contribution >= 4 is 11.0 Å². The highest BCUT2D eigenvalue weighted by Crippen LogP contribution is 2.23. The molecule has 1 aromatic carbocycles. The Kier molecular flexibility index (Phi) is 4.94. The first-order chi connectivity index (χ1) is 14.0. The van der Waals surface area contributed by atoms with Crippen LogP contribution in [-0.2, 0) is 11.3 Å². The van der Waals surface area contributed by atoms with E-state index < -0.39 is 11.8 Å². The van der Waals surface area contributed by atoms with Crippen LogP contribution in [0, 0.1) is 0 Å². The summed E-state index contributed by atoms with van der Waals surface area (Å²) in [4.78, 5) is 29.1. The number of methoxy groups -OCH3 is 1. The molecule has 0 aliphatic carbocycles. The summed E-state index contributed by atoms with van der Waals surface area (Å²) >= 11 is 0. The summed E-state index contributed by atoms with van der Waals surface area (Å²) in [7, 11) is 1.48. The van der Waals surface area contributed by atoms with Crippen LogP contribution in [0.2, 0.25) is 0 Å². The minimum absolute atomic E-state index is 0.371. The van der Waals surface area contributed by atoms with Crippen LogP contribution in [0.4, 0.5) is 0 Å². The number of aryl methyl sites for hydroxylation is 1. The molecular formula is C21H23N5O3. The topological polar surface area (TPSA) is 86.8 Å². The quantitative estimate of drug-likeness (QED) is 0.546. The van der Waals surface area contributed by atoms with Crippen molar-refractivity contribution in [3.05, 3.63) is 69.6 Å². The molecular weight excluding hydrogens is 370 g/mol. The van der Waals surface area contributed by atoms with Gasteiger partial charge in [-0.25, -0.2) is 14.0 Å². The Morgan fingerprint density at radius 2 is 1.97 bits per heavy atom. The van der Waals surface area contributed by atoms with Crippen LogP contribution in [0.15, 0.2) is 58.4 Å². The third-order valence-corrected chi connectivity index (χ3v) is 5.02. The van der Waals surface area contributed by atoms with E-state index in [0.29, 0.717) is 17.6 Å². The number of benzene rings is 1. The SMILES string of the molecule is CCCn1c(=O)n(C(C)OC)c(=O)c2[nH]c(-c3cnn(-c4ccccc4)c3)cc21. The van der Waals surface area contributed by atoms with Gasteiger partial charge in [-0.05, 0) is 31.5 Å². The van der Waals surface area contributed by atoms with Crippen LogP contribution in [-0.4, -0.2) is 31.0 Å². The Morgan fingerprint density at radius 3 is 2.66 bits per heavy atom. The third kappa shape index (κ3) is 3.21. The summed E-state index contributed by atoms with van der Waals surface area (Å²) in [6.45, 7) is 4.18. The van der Waals surface area contributed by atoms with Gasteiger partial charge in [0.2, 0.25) is 0 Å². The maximum absolute atomic E-state index is 13.0. The van der Waals surface area contributed by atoms with Gasteiger partial charge >= 0.3 is 5.69 Å². The zero-order chi connectivity index (χ0) is 20.5. The van der Waals surface area contributed by atoms with Crippen molar-refractivity contribution in [1.82, 2.24) is 23.9 Å². The smallest absolute Gasteiger partial charge is 0.333 e. The lowest BCUT2D eigenvalue weighted by atomic mass is 10.2. The maximum Gasteiger partial charge on any atom is 0.333 e. The fourth-order valence-corrected chi connectivity index (χ4v) is 3.47. The predicted molar refractivity (Wildman–Crippen MR) is 111 cm³/mol. The molecule has 4 aromatic rings. The fourth-order valence-electron chi connectivity index (χ4n) is 3.47. The summed E-state index contributed by atoms with van der Waals surface area (Å²) in [6, 6.07) is 11.6. The molecule has 8 nitrogen and oxygen atoms in total. The zero-order valence-corrected chi connectivity index (χ0v) is 16.6. The Hall–Kier alpha value is -3.39. The first-order valence-corrected chi connectivity index (χ1v) is 9.56. The molecule has 0 bridgehead atoms. The van der Waals surface area contributed by atoms with Crippen molar-refractivity contribution in [2.24, 2.45) is 0 Å². The van der Waals surface area contributed by atoms with E-state index in [-0.39, 0.29) is 5.69 Å². The maximum atomic E-state index is 13.0. The normalized spacial score (nSPS) is 12.5. The number of H-pyrrole nitrogens is 1. The van der Waals surface area contributed by atoms with Crippen LogP contribution >= 0.6 is 0 Å². The highest BCUT2D eigenvalue weighted by molar-refractivity contribution is 5.82. The second-order valence-electron chi connectivity index (χ2n) is 6.90. The minimum Gasteiger partial charge on any atom is -0.361 e. The molecule has 0 spiro atoms. The zero-order valence-electron chi connectivity index (χ0n) is 16.6. The van der Waals surface area contributed by atoms with E-state index in [9.17, 15) is 9.59 Å². The summed E-state index contributed by atoms with van der Waals surface area (Å²) in [6.07, 6.45) is 3.73. The average Bonchev–Trinajstić information content (AvgIpc) is 3.39. The number of aromatic amines is 1. The molecule has 0 aliphatic rings. The first kappa shape index (κ1) is 18.9. The number of rotatable bonds is 6. The van der Waals surface area contributed by atoms with Crippen molar-refractivity contribution in [3.63, 3.8) is 0 Å². The Balaban J connectivity index is 1.89. The predicted octanol–water partition coefficient (Wildman–Crippen LogP) is 2.92. The molecule has 0 fully saturated rings. The lowest BCUT2D eigenvalue weighted by Crippen LogP contribution is -2.42. The molecule has 1 unspecified atom stereocenters. The third-order valence-electron chi connectivity index (χ3n) is 5.02. The molecule has 0 amide bonds. The van der Waals surface area contributed by atoms with Gasteiger partial charge in [-0.2, -0.15) is 5.10 Å². The van der Waals surface area contributed by atoms with E-state index in [4.69, 9.17) is 4.74 Å². The van der Waals surface area contributed by atoms with E-state index >= 15 is 0 Å². The van der Waals surface area contributed by atoms with Crippen LogP contribution in [0.3, 0.4) is 0 Å². The molecule has 0 radical (unpaired) electrons. The molecule has 150 valence electrons. The van der Waals surface area contributed by atoms with Gasteiger partial charge in [0.05, 0.1) is 23.1 Å². The van der Waals surface area contributed by atoms with Crippen LogP contribution in [0.25, 0.3) is 28.0 Å². The molecule has 29 heavy (non-hydrogen) atoms. The van der Waals surface area contributed by atoms with Gasteiger partial charge in [0.25, 0.3) is 5.56 Å². The highest BCUT2D eigenvalue weighted by Gasteiger charge is 2.19. The van der Waals surface area contributed by atoms with Crippen molar-refractivity contribution < 1.29 is 4.74 Å². The van der Waals surface area contributed by atoms with E-state index in [1.165, 1.54) is 7.11 Å². The molecule has 0 saturated carbocycles. The standard InChI is InChI=1S/C21H23N5O3/c1-4-10-24-18-11-17(15-12-22-25(13-15)16-8-6-5-7-9-16)23-19(18)20(27)26(21(24)28)14(2)29-3/h5-9,11-14,23H,4,10H2,1-3H3. The van der Waals surface area contributed by atoms with Gasteiger partial charge in [0.1, 0.15) is 11.7 Å². The fraction of sp³-hybridized carbons (Fsp3) is 0.286. The average molecular weight is 393 g/mol. The van der Waals surface area contributed by atoms with Gasteiger partial charge in [0.15, 0.2) is 0 Å². The Bertz CT molecular complexity index is 1260. The van der Waals surface area contributed by atoms with Gasteiger partial charge in [-0.15, -0.1) is 0 Å². The van der Waals surface area contributed by atoms with Crippen LogP contribution < -0.4 is 11.2 Å². The van der Waals surface area contributed by atoms with Crippen LogP contribution in [0.1, 0.15) is 26.5 Å². The molecule has 0 aliphatic heterocycles. The van der Waals surface area contributed by atoms with E-state index in [0.717, 1.165) is 27.9 Å². The largest absolute Gasteiger partial charge is 0.361 e. The summed E-state index contributed by atoms with van der Waals surface area (Å²) in [5.74, 6) is 0. The number of hydrogen-bond acceptors (Lipinski definition) is 4. The van der Waals surface area contributed by atoms with Crippen molar-refractivity contribution in [2.75, 3.05) is 7.11 Å². The molecule has 4 rings (SSSR count). The minimum atomic E-state index is -0.657. The number of nitrogens with zero attached hydrogens (tertiary/aromatic N) is 4. The number of aromatic nitrogens is 5. The van der Waals surface area contributed by atoms with E-state index in [1.807, 2.05) is 49.5 Å². The van der Waals surface area contributed by atoms with E-state index in [2.05, 4.69) is 10.1 Å². The summed E-state index contributed by atoms with van der Waals surface area (Å²) < 4.78 is 9.78. The number of nitrogens with one attached hydrogen (secondary N) is 1. The highest BCUT2D eigenvalue weighted by atomic mass is 16.5. The van der Waals surface area contributed by atoms with Crippen molar-refractivity contribution in [3.8, 4) is 16.9 Å². The molecule has 0 saturated heterocycles. The molecule has 1 atom stereocenters.